The van der Waals surface area contributed by atoms with Crippen LogP contribution in [0, 0.1) is 6.92 Å². The minimum absolute atomic E-state index is 0.0102. The Morgan fingerprint density at radius 2 is 2.04 bits per heavy atom. The standard InChI is InChI=1S/C21H25NO5/c1-14-4-3-5-18(25-2)20(14)21(24)22-17-10-11-26-13-19(17)27-16-8-6-15(12-23)7-9-16/h3-9,17,19,23H,10-13H2,1-2H3,(H,22,24)/t17-,19-/m1/s1. The molecule has 6 nitrogen and oxygen atoms in total. The maximum atomic E-state index is 12.9. The van der Waals surface area contributed by atoms with E-state index in [-0.39, 0.29) is 24.7 Å². The average molecular weight is 371 g/mol. The van der Waals surface area contributed by atoms with Gasteiger partial charge in [-0.3, -0.25) is 4.79 Å². The summed E-state index contributed by atoms with van der Waals surface area (Å²) in [5.74, 6) is 1.05. The number of ether oxygens (including phenoxy) is 3. The lowest BCUT2D eigenvalue weighted by atomic mass is 10.0. The van der Waals surface area contributed by atoms with Gasteiger partial charge in [-0.1, -0.05) is 24.3 Å². The predicted molar refractivity (Wildman–Crippen MR) is 101 cm³/mol. The molecule has 0 aliphatic carbocycles. The molecular formula is C21H25NO5. The van der Waals surface area contributed by atoms with Gasteiger partial charge < -0.3 is 24.6 Å². The Labute approximate surface area is 159 Å². The van der Waals surface area contributed by atoms with Gasteiger partial charge in [-0.2, -0.15) is 0 Å². The molecule has 1 fully saturated rings. The molecule has 2 aromatic carbocycles. The van der Waals surface area contributed by atoms with Gasteiger partial charge in [0, 0.05) is 6.61 Å². The number of aliphatic hydroxyl groups excluding tert-OH is 1. The minimum atomic E-state index is -0.294. The van der Waals surface area contributed by atoms with Gasteiger partial charge in [0.1, 0.15) is 17.6 Å². The minimum Gasteiger partial charge on any atom is -0.496 e. The normalized spacial score (nSPS) is 19.4. The zero-order chi connectivity index (χ0) is 19.2. The molecule has 2 N–H and O–H groups in total. The van der Waals surface area contributed by atoms with Crippen molar-refractivity contribution in [1.82, 2.24) is 5.32 Å². The van der Waals surface area contributed by atoms with E-state index in [2.05, 4.69) is 5.32 Å². The first-order valence-corrected chi connectivity index (χ1v) is 9.01. The number of methoxy groups -OCH3 is 1. The van der Waals surface area contributed by atoms with Crippen LogP contribution >= 0.6 is 0 Å². The van der Waals surface area contributed by atoms with Crippen molar-refractivity contribution in [3.05, 3.63) is 59.2 Å². The molecule has 144 valence electrons. The van der Waals surface area contributed by atoms with Gasteiger partial charge in [0.15, 0.2) is 0 Å². The molecule has 27 heavy (non-hydrogen) atoms. The fourth-order valence-electron chi connectivity index (χ4n) is 3.18. The first-order valence-electron chi connectivity index (χ1n) is 9.01. The fourth-order valence-corrected chi connectivity index (χ4v) is 3.18. The second-order valence-electron chi connectivity index (χ2n) is 6.55. The van der Waals surface area contributed by atoms with Crippen molar-refractivity contribution in [3.63, 3.8) is 0 Å². The van der Waals surface area contributed by atoms with Crippen molar-refractivity contribution in [2.24, 2.45) is 0 Å². The van der Waals surface area contributed by atoms with Crippen LogP contribution in [0.1, 0.15) is 27.9 Å². The molecule has 0 bridgehead atoms. The molecule has 2 atom stereocenters. The van der Waals surface area contributed by atoms with Crippen LogP contribution in [0.3, 0.4) is 0 Å². The monoisotopic (exact) mass is 371 g/mol. The Kier molecular flexibility index (Phi) is 6.32. The van der Waals surface area contributed by atoms with Crippen LogP contribution in [-0.2, 0) is 11.3 Å². The van der Waals surface area contributed by atoms with Gasteiger partial charge >= 0.3 is 0 Å². The third-order valence-corrected chi connectivity index (χ3v) is 4.70. The third-order valence-electron chi connectivity index (χ3n) is 4.70. The maximum absolute atomic E-state index is 12.9. The molecular weight excluding hydrogens is 346 g/mol. The van der Waals surface area contributed by atoms with Crippen LogP contribution < -0.4 is 14.8 Å². The van der Waals surface area contributed by atoms with Gasteiger partial charge in [-0.05, 0) is 42.7 Å². The van der Waals surface area contributed by atoms with Crippen molar-refractivity contribution in [2.45, 2.75) is 32.1 Å². The molecule has 1 aliphatic rings. The van der Waals surface area contributed by atoms with E-state index in [1.54, 1.807) is 13.2 Å². The Morgan fingerprint density at radius 1 is 1.26 bits per heavy atom. The molecule has 0 radical (unpaired) electrons. The number of benzene rings is 2. The molecule has 1 heterocycles. The van der Waals surface area contributed by atoms with Crippen LogP contribution in [0.15, 0.2) is 42.5 Å². The number of aliphatic hydroxyl groups is 1. The molecule has 1 amide bonds. The van der Waals surface area contributed by atoms with Crippen LogP contribution in [0.2, 0.25) is 0 Å². The van der Waals surface area contributed by atoms with Gasteiger partial charge in [-0.25, -0.2) is 0 Å². The van der Waals surface area contributed by atoms with Crippen LogP contribution in [0.5, 0.6) is 11.5 Å². The summed E-state index contributed by atoms with van der Waals surface area (Å²) in [7, 11) is 1.56. The lowest BCUT2D eigenvalue weighted by Crippen LogP contribution is -2.51. The Bertz CT molecular complexity index is 775. The Balaban J connectivity index is 1.72. The summed E-state index contributed by atoms with van der Waals surface area (Å²) in [6.45, 7) is 2.85. The topological polar surface area (TPSA) is 77.0 Å². The van der Waals surface area contributed by atoms with E-state index in [0.717, 1.165) is 11.1 Å². The predicted octanol–water partition coefficient (Wildman–Crippen LogP) is 2.46. The van der Waals surface area contributed by atoms with E-state index in [1.807, 2.05) is 43.3 Å². The number of carbonyl (C=O) groups is 1. The average Bonchev–Trinajstić information content (AvgIpc) is 2.69. The van der Waals surface area contributed by atoms with Gasteiger partial charge in [0.05, 0.1) is 31.9 Å². The van der Waals surface area contributed by atoms with E-state index in [9.17, 15) is 4.79 Å². The number of aryl methyl sites for hydroxylation is 1. The molecule has 3 rings (SSSR count). The number of hydrogen-bond donors (Lipinski definition) is 2. The number of nitrogens with one attached hydrogen (secondary N) is 1. The smallest absolute Gasteiger partial charge is 0.255 e. The number of rotatable bonds is 6. The van der Waals surface area contributed by atoms with Crippen molar-refractivity contribution >= 4 is 5.91 Å². The van der Waals surface area contributed by atoms with E-state index in [0.29, 0.717) is 36.7 Å². The van der Waals surface area contributed by atoms with Crippen molar-refractivity contribution < 1.29 is 24.1 Å². The molecule has 1 aliphatic heterocycles. The highest BCUT2D eigenvalue weighted by molar-refractivity contribution is 5.98. The zero-order valence-electron chi connectivity index (χ0n) is 15.6. The van der Waals surface area contributed by atoms with Crippen LogP contribution in [-0.4, -0.2) is 43.5 Å². The molecule has 1 saturated heterocycles. The quantitative estimate of drug-likeness (QED) is 0.816. The van der Waals surface area contributed by atoms with Crippen LogP contribution in [0.25, 0.3) is 0 Å². The van der Waals surface area contributed by atoms with Crippen molar-refractivity contribution in [3.8, 4) is 11.5 Å². The molecule has 0 aromatic heterocycles. The highest BCUT2D eigenvalue weighted by atomic mass is 16.5. The molecule has 0 spiro atoms. The maximum Gasteiger partial charge on any atom is 0.255 e. The summed E-state index contributed by atoms with van der Waals surface area (Å²) in [4.78, 5) is 12.9. The zero-order valence-corrected chi connectivity index (χ0v) is 15.6. The number of hydrogen-bond acceptors (Lipinski definition) is 5. The summed E-state index contributed by atoms with van der Waals surface area (Å²) in [5.41, 5.74) is 2.22. The first-order chi connectivity index (χ1) is 13.1. The van der Waals surface area contributed by atoms with Crippen LogP contribution in [0.4, 0.5) is 0 Å². The molecule has 0 saturated carbocycles. The summed E-state index contributed by atoms with van der Waals surface area (Å²) in [6.07, 6.45) is 0.372. The first kappa shape index (κ1) is 19.2. The molecule has 0 unspecified atom stereocenters. The van der Waals surface area contributed by atoms with E-state index in [1.165, 1.54) is 0 Å². The third kappa shape index (κ3) is 4.59. The van der Waals surface area contributed by atoms with Crippen molar-refractivity contribution in [1.29, 1.82) is 0 Å². The number of amides is 1. The second-order valence-corrected chi connectivity index (χ2v) is 6.55. The van der Waals surface area contributed by atoms with Crippen molar-refractivity contribution in [2.75, 3.05) is 20.3 Å². The fraction of sp³-hybridized carbons (Fsp3) is 0.381. The molecule has 6 heteroatoms. The highest BCUT2D eigenvalue weighted by Crippen LogP contribution is 2.23. The molecule has 2 aromatic rings. The van der Waals surface area contributed by atoms with Gasteiger partial charge in [0.2, 0.25) is 0 Å². The largest absolute Gasteiger partial charge is 0.496 e. The Morgan fingerprint density at radius 3 is 2.74 bits per heavy atom. The summed E-state index contributed by atoms with van der Waals surface area (Å²) in [5, 5.41) is 12.2. The highest BCUT2D eigenvalue weighted by Gasteiger charge is 2.30. The summed E-state index contributed by atoms with van der Waals surface area (Å²) in [6, 6.07) is 12.6. The lowest BCUT2D eigenvalue weighted by molar-refractivity contribution is -0.0135. The van der Waals surface area contributed by atoms with Gasteiger partial charge in [0.25, 0.3) is 5.91 Å². The summed E-state index contributed by atoms with van der Waals surface area (Å²) < 4.78 is 16.9. The second kappa shape index (κ2) is 8.88. The Hall–Kier alpha value is -2.57. The SMILES string of the molecule is COc1cccc(C)c1C(=O)N[C@@H]1CCOC[C@H]1Oc1ccc(CO)cc1. The lowest BCUT2D eigenvalue weighted by Gasteiger charge is -2.32. The van der Waals surface area contributed by atoms with E-state index < -0.39 is 0 Å². The number of carbonyl (C=O) groups excluding carboxylic acids is 1. The van der Waals surface area contributed by atoms with Gasteiger partial charge in [-0.15, -0.1) is 0 Å². The van der Waals surface area contributed by atoms with E-state index in [4.69, 9.17) is 19.3 Å². The summed E-state index contributed by atoms with van der Waals surface area (Å²) >= 11 is 0. The van der Waals surface area contributed by atoms with E-state index >= 15 is 0 Å².